The van der Waals surface area contributed by atoms with Crippen molar-refractivity contribution in [3.63, 3.8) is 0 Å². The van der Waals surface area contributed by atoms with Crippen molar-refractivity contribution in [2.45, 2.75) is 126 Å². The van der Waals surface area contributed by atoms with Gasteiger partial charge in [0.25, 0.3) is 17.4 Å². The lowest BCUT2D eigenvalue weighted by Gasteiger charge is -2.09. The Morgan fingerprint density at radius 3 is 1.37 bits per heavy atom. The number of carbonyl (C=O) groups excluding carboxylic acids is 3. The zero-order valence-corrected chi connectivity index (χ0v) is 74.7. The van der Waals surface area contributed by atoms with Gasteiger partial charge in [-0.15, -0.1) is 32.2 Å². The Bertz CT molecular complexity index is 6190. The molecule has 6 aromatic heterocycles. The molecule has 0 radical (unpaired) electrons. The van der Waals surface area contributed by atoms with Crippen LogP contribution in [0.25, 0.3) is 32.7 Å². The van der Waals surface area contributed by atoms with Gasteiger partial charge in [-0.25, -0.2) is 9.97 Å². The number of fused-ring (bicyclic) bond motifs is 3. The Labute approximate surface area is 818 Å². The van der Waals surface area contributed by atoms with Crippen molar-refractivity contribution in [2.75, 3.05) is 62.6 Å². The number of aromatic amines is 3. The van der Waals surface area contributed by atoms with E-state index in [9.17, 15) is 28.8 Å². The number of hydrogen-bond acceptors (Lipinski definition) is 26. The number of pyridine rings is 4. The number of benzene rings is 10. The molecule has 6 heterocycles. The van der Waals surface area contributed by atoms with Gasteiger partial charge in [-0.1, -0.05) is 145 Å². The molecule has 732 valence electrons. The number of aliphatic carboxylic acids is 2. The lowest BCUT2D eigenvalue weighted by Crippen LogP contribution is -2.14. The number of ether oxygens (including phenoxy) is 10. The number of hydrogen-bond donors (Lipinski definition) is 7. The standard InChI is InChI=1S/C22H23NO5.C22H21NO5.2C20H18N6O2.C18H20O4S.5CH4/c1-2-26-21(24)8-5-13-27-18-9-11-19(12-10-18)28-15-17-14-16-6-3-4-7-20(16)23-22(17)25;24-22(25)10-5-15-26-18-11-13-19(14-12-18)27-16-17-6-4-9-21(23-17)28-20-7-2-1-3-8-20;27-20(22-18-12-9-14-4-1-2-5-17(14)21-18)15-7-10-16(11-8-15)28-13-3-6-19-23-25-26-24-19;27-20(22-16-12-15-4-1-2-5-18(15)21-13-16)14-7-9-17(10-8-14)28-11-3-6-19-23-25-26-24-19;19-18(20)7-4-12-21-15-8-10-16(11-9-15)22-13-14-23-17-5-2-1-3-6-17;;;;;/h3-4,6-7,9-12,14H,2,5,8,13,15H2,1H3,(H,23,25);1-4,6-9,11-14H,5,10,15-16H2,(H,24,25);1-2,4-5,7-12H,3,6,13H2,(H,21,22,27)(H,23,24,25,26);1-2,4-5,7-10,12-13H,3,6,11H2,(H,22,27)(H,23,24,25,26);1-3,5-6,8-11H,4,7,12-14H2,(H,19,20);5*1H4. The first-order chi connectivity index (χ1) is 66.1. The summed E-state index contributed by atoms with van der Waals surface area (Å²) in [5, 5.41) is 53.2. The number of carboxylic acid groups (broad SMARTS) is 2. The summed E-state index contributed by atoms with van der Waals surface area (Å²) < 4.78 is 55.7. The number of nitrogens with one attached hydrogen (secondary N) is 5. The smallest absolute Gasteiger partial charge is 0.305 e. The molecule has 0 aliphatic heterocycles. The van der Waals surface area contributed by atoms with Gasteiger partial charge < -0.3 is 73.2 Å². The molecule has 0 spiro atoms. The van der Waals surface area contributed by atoms with Gasteiger partial charge in [-0.3, -0.25) is 33.8 Å². The molecule has 0 aliphatic carbocycles. The predicted molar refractivity (Wildman–Crippen MR) is 544 cm³/mol. The first-order valence-electron chi connectivity index (χ1n) is 43.5. The number of amides is 2. The largest absolute Gasteiger partial charge is 0.494 e. The first kappa shape index (κ1) is 110. The van der Waals surface area contributed by atoms with Gasteiger partial charge in [0.05, 0.1) is 80.4 Å². The van der Waals surface area contributed by atoms with E-state index in [0.717, 1.165) is 74.2 Å². The third-order valence-electron chi connectivity index (χ3n) is 19.2. The number of carbonyl (C=O) groups is 5. The second-order valence-corrected chi connectivity index (χ2v) is 30.5. The molecule has 16 rings (SSSR count). The Kier molecular flexibility index (Phi) is 48.4. The SMILES string of the molecule is C.C.C.C.C.CCOC(=O)CCCOc1ccc(OCc2cc3ccccc3[nH]c2=O)cc1.O=C(Nc1ccc2ccccc2n1)c1ccc(OCCCc2nn[nH]n2)cc1.O=C(Nc1cnc2ccccc2c1)c1ccc(OCCCc2nn[nH]n2)cc1.O=C(O)CCCOc1ccc(OCCSc2ccccc2)cc1.O=C(O)CCCOc1ccc(OCc2cccc(Oc3ccccc3)n2)cc1. The fourth-order valence-electron chi connectivity index (χ4n) is 12.5. The average Bonchev–Trinajstić information content (AvgIpc) is 0.831. The van der Waals surface area contributed by atoms with Gasteiger partial charge in [0.2, 0.25) is 5.88 Å². The molecule has 0 atom stereocenters. The summed E-state index contributed by atoms with van der Waals surface area (Å²) in [4.78, 5) is 86.5. The molecule has 32 nitrogen and oxygen atoms in total. The first-order valence-corrected chi connectivity index (χ1v) is 44.5. The van der Waals surface area contributed by atoms with E-state index < -0.39 is 11.9 Å². The second-order valence-electron chi connectivity index (χ2n) is 29.4. The van der Waals surface area contributed by atoms with Crippen LogP contribution in [0.3, 0.4) is 0 Å². The summed E-state index contributed by atoms with van der Waals surface area (Å²) in [6, 6.07) is 91.7. The molecule has 0 saturated carbocycles. The minimum atomic E-state index is -0.820. The Balaban J connectivity index is 0.000000236. The number of tetrazole rings is 2. The van der Waals surface area contributed by atoms with Crippen LogP contribution in [-0.2, 0) is 45.2 Å². The monoisotopic (exact) mass is 1920 g/mol. The van der Waals surface area contributed by atoms with Crippen LogP contribution in [0.1, 0.15) is 139 Å². The average molecular weight is 1920 g/mol. The van der Waals surface area contributed by atoms with Crippen LogP contribution in [0.5, 0.6) is 57.6 Å². The van der Waals surface area contributed by atoms with Crippen molar-refractivity contribution >= 4 is 85.7 Å². The number of nitrogens with zero attached hydrogens (tertiary/aromatic N) is 9. The lowest BCUT2D eigenvalue weighted by molar-refractivity contribution is -0.143. The van der Waals surface area contributed by atoms with Crippen LogP contribution in [0, 0.1) is 0 Å². The van der Waals surface area contributed by atoms with Crippen molar-refractivity contribution < 1.29 is 81.6 Å². The molecule has 0 fully saturated rings. The van der Waals surface area contributed by atoms with Crippen molar-refractivity contribution in [1.29, 1.82) is 0 Å². The minimum absolute atomic E-state index is 0. The van der Waals surface area contributed by atoms with Crippen molar-refractivity contribution in [3.8, 4) is 57.6 Å². The van der Waals surface area contributed by atoms with Gasteiger partial charge in [0, 0.05) is 76.2 Å². The molecular weight excluding hydrogens is 1800 g/mol. The predicted octanol–water partition coefficient (Wildman–Crippen LogP) is 21.8. The van der Waals surface area contributed by atoms with E-state index in [1.165, 1.54) is 4.90 Å². The third-order valence-corrected chi connectivity index (χ3v) is 20.2. The highest BCUT2D eigenvalue weighted by Gasteiger charge is 2.14. The highest BCUT2D eigenvalue weighted by molar-refractivity contribution is 7.99. The van der Waals surface area contributed by atoms with E-state index in [-0.39, 0.29) is 79.9 Å². The topological polar surface area (TPSA) is 423 Å². The second kappa shape index (κ2) is 61.4. The Morgan fingerprint density at radius 1 is 0.400 bits per heavy atom. The number of aromatic nitrogens is 12. The molecule has 16 aromatic rings. The van der Waals surface area contributed by atoms with E-state index in [1.54, 1.807) is 134 Å². The molecule has 0 aliphatic rings. The maximum Gasteiger partial charge on any atom is 0.305 e. The van der Waals surface area contributed by atoms with E-state index in [2.05, 4.69) is 84.0 Å². The van der Waals surface area contributed by atoms with Gasteiger partial charge in [-0.05, 0) is 239 Å². The van der Waals surface area contributed by atoms with Crippen LogP contribution in [0.2, 0.25) is 0 Å². The summed E-state index contributed by atoms with van der Waals surface area (Å²) in [6.45, 7) is 5.57. The number of anilines is 2. The molecule has 140 heavy (non-hydrogen) atoms. The number of para-hydroxylation sites is 4. The zero-order valence-electron chi connectivity index (χ0n) is 73.9. The van der Waals surface area contributed by atoms with Gasteiger partial charge in [-0.2, -0.15) is 10.4 Å². The third kappa shape index (κ3) is 39.4. The highest BCUT2D eigenvalue weighted by Crippen LogP contribution is 2.27. The number of esters is 1. The summed E-state index contributed by atoms with van der Waals surface area (Å²) >= 11 is 1.76. The maximum absolute atomic E-state index is 12.5. The normalized spacial score (nSPS) is 10.2. The quantitative estimate of drug-likeness (QED) is 0.0106. The molecule has 7 N–H and O–H groups in total. The van der Waals surface area contributed by atoms with Crippen LogP contribution in [0.15, 0.2) is 313 Å². The van der Waals surface area contributed by atoms with Gasteiger partial charge >= 0.3 is 17.9 Å². The molecule has 33 heteroatoms. The number of aryl methyl sites for hydroxylation is 2. The minimum Gasteiger partial charge on any atom is -0.494 e. The van der Waals surface area contributed by atoms with Crippen LogP contribution >= 0.6 is 11.8 Å². The number of H-pyrrole nitrogens is 3. The van der Waals surface area contributed by atoms with Gasteiger partial charge in [0.15, 0.2) is 11.6 Å². The summed E-state index contributed by atoms with van der Waals surface area (Å²) in [5.41, 5.74) is 5.44. The molecule has 0 unspecified atom stereocenters. The van der Waals surface area contributed by atoms with Crippen molar-refractivity contribution in [2.24, 2.45) is 0 Å². The Morgan fingerprint density at radius 2 is 0.850 bits per heavy atom. The van der Waals surface area contributed by atoms with E-state index in [4.69, 9.17) is 57.6 Å². The van der Waals surface area contributed by atoms with Crippen LogP contribution in [0.4, 0.5) is 11.5 Å². The van der Waals surface area contributed by atoms with Crippen LogP contribution in [-0.4, -0.2) is 153 Å². The fraction of sp³-hybridized carbons (Fsp3) is 0.243. The van der Waals surface area contributed by atoms with Crippen LogP contribution < -0.4 is 58.8 Å². The number of rotatable bonds is 43. The summed E-state index contributed by atoms with van der Waals surface area (Å²) in [6.07, 6.45) is 6.73. The fourth-order valence-corrected chi connectivity index (χ4v) is 13.3. The maximum atomic E-state index is 12.5. The molecule has 0 saturated heterocycles. The highest BCUT2D eigenvalue weighted by atomic mass is 32.2. The van der Waals surface area contributed by atoms with E-state index >= 15 is 0 Å². The zero-order chi connectivity index (χ0) is 94.1. The summed E-state index contributed by atoms with van der Waals surface area (Å²) in [5.74, 6) is 7.37. The number of thioether (sulfide) groups is 1. The van der Waals surface area contributed by atoms with E-state index in [1.807, 2.05) is 176 Å². The van der Waals surface area contributed by atoms with Gasteiger partial charge in [0.1, 0.15) is 70.8 Å². The summed E-state index contributed by atoms with van der Waals surface area (Å²) in [7, 11) is 0. The Hall–Kier alpha value is -16.6. The lowest BCUT2D eigenvalue weighted by atomic mass is 10.1. The molecule has 2 amide bonds. The molecule has 10 aromatic carbocycles. The molecular formula is C107H120N14O18S. The van der Waals surface area contributed by atoms with E-state index in [0.29, 0.717) is 172 Å². The van der Waals surface area contributed by atoms with Crippen molar-refractivity contribution in [1.82, 2.24) is 61.2 Å². The number of carboxylic acids is 2. The molecule has 0 bridgehead atoms. The van der Waals surface area contributed by atoms with Crippen molar-refractivity contribution in [3.05, 3.63) is 348 Å².